The van der Waals surface area contributed by atoms with Crippen LogP contribution in [0.4, 0.5) is 0 Å². The number of hydrogen-bond acceptors (Lipinski definition) is 0. The Kier molecular flexibility index (Phi) is 6.83. The Balaban J connectivity index is 0.000000647. The molecule has 0 aromatic heterocycles. The molecule has 0 amide bonds. The van der Waals surface area contributed by atoms with Crippen molar-refractivity contribution in [3.8, 4) is 11.1 Å². The monoisotopic (exact) mass is 435 g/mol. The fourth-order valence-electron chi connectivity index (χ4n) is 3.37. The van der Waals surface area contributed by atoms with Crippen molar-refractivity contribution in [1.82, 2.24) is 0 Å². The van der Waals surface area contributed by atoms with Crippen molar-refractivity contribution in [3.63, 3.8) is 0 Å². The molecule has 3 rings (SSSR count). The SMILES string of the molecule is Cc1cc2c(-c3cc(C)c(C)c(C)c3C)c(C)ccc2[cH-]1.[Cl][Zr][Cl]. The molecule has 0 unspecified atom stereocenters. The molecule has 3 aromatic rings. The Labute approximate surface area is 164 Å². The van der Waals surface area contributed by atoms with E-state index in [1.54, 1.807) is 0 Å². The summed E-state index contributed by atoms with van der Waals surface area (Å²) < 4.78 is 0. The minimum atomic E-state index is -0.826. The van der Waals surface area contributed by atoms with E-state index in [0.29, 0.717) is 0 Å². The van der Waals surface area contributed by atoms with Gasteiger partial charge in [-0.25, -0.2) is 0 Å². The molecule has 24 heavy (non-hydrogen) atoms. The minimum absolute atomic E-state index is 0.826. The first-order valence-corrected chi connectivity index (χ1v) is 14.4. The second kappa shape index (κ2) is 8.26. The van der Waals surface area contributed by atoms with Crippen molar-refractivity contribution in [3.05, 3.63) is 63.7 Å². The molecular weight excluding hydrogens is 414 g/mol. The van der Waals surface area contributed by atoms with Gasteiger partial charge in [0.05, 0.1) is 0 Å². The summed E-state index contributed by atoms with van der Waals surface area (Å²) in [7, 11) is 9.87. The molecule has 0 aliphatic rings. The summed E-state index contributed by atoms with van der Waals surface area (Å²) in [5, 5.41) is 2.74. The molecule has 0 bridgehead atoms. The van der Waals surface area contributed by atoms with Crippen molar-refractivity contribution in [2.75, 3.05) is 0 Å². The van der Waals surface area contributed by atoms with Crippen LogP contribution in [-0.4, -0.2) is 0 Å². The molecule has 0 aliphatic heterocycles. The Bertz CT molecular complexity index is 875. The molecule has 0 nitrogen and oxygen atoms in total. The van der Waals surface area contributed by atoms with Crippen LogP contribution in [-0.2, 0) is 20.8 Å². The molecule has 0 fully saturated rings. The third-order valence-electron chi connectivity index (χ3n) is 4.99. The summed E-state index contributed by atoms with van der Waals surface area (Å²) >= 11 is -0.826. The van der Waals surface area contributed by atoms with Crippen molar-refractivity contribution < 1.29 is 20.8 Å². The van der Waals surface area contributed by atoms with Crippen LogP contribution in [0.1, 0.15) is 33.4 Å². The summed E-state index contributed by atoms with van der Waals surface area (Å²) in [5.74, 6) is 0. The van der Waals surface area contributed by atoms with Crippen LogP contribution in [0, 0.1) is 41.5 Å². The summed E-state index contributed by atoms with van der Waals surface area (Å²) in [6, 6.07) is 11.5. The second-order valence-corrected chi connectivity index (χ2v) is 10.2. The molecule has 0 spiro atoms. The Morgan fingerprint density at radius 1 is 0.792 bits per heavy atom. The van der Waals surface area contributed by atoms with E-state index < -0.39 is 20.8 Å². The third-order valence-corrected chi connectivity index (χ3v) is 4.99. The molecular formula is C21H23Cl2Zr-. The van der Waals surface area contributed by atoms with E-state index in [-0.39, 0.29) is 0 Å². The van der Waals surface area contributed by atoms with Crippen LogP contribution in [0.25, 0.3) is 21.9 Å². The molecule has 0 saturated heterocycles. The van der Waals surface area contributed by atoms with Gasteiger partial charge in [-0.1, -0.05) is 24.1 Å². The van der Waals surface area contributed by atoms with E-state index in [9.17, 15) is 0 Å². The second-order valence-electron chi connectivity index (χ2n) is 6.48. The predicted molar refractivity (Wildman–Crippen MR) is 105 cm³/mol. The van der Waals surface area contributed by atoms with Crippen molar-refractivity contribution in [2.45, 2.75) is 41.5 Å². The van der Waals surface area contributed by atoms with Gasteiger partial charge < -0.3 is 0 Å². The van der Waals surface area contributed by atoms with Gasteiger partial charge in [-0.05, 0) is 62.4 Å². The molecule has 0 radical (unpaired) electrons. The molecule has 3 aromatic carbocycles. The molecule has 3 heteroatoms. The fraction of sp³-hybridized carbons (Fsp3) is 0.286. The first kappa shape index (κ1) is 19.8. The maximum absolute atomic E-state index is 4.93. The van der Waals surface area contributed by atoms with Gasteiger partial charge in [0.2, 0.25) is 0 Å². The van der Waals surface area contributed by atoms with Crippen molar-refractivity contribution in [1.29, 1.82) is 0 Å². The van der Waals surface area contributed by atoms with Gasteiger partial charge in [-0.2, -0.15) is 6.07 Å². The number of hydrogen-bond donors (Lipinski definition) is 0. The summed E-state index contributed by atoms with van der Waals surface area (Å²) in [6.45, 7) is 13.3. The van der Waals surface area contributed by atoms with E-state index in [4.69, 9.17) is 17.0 Å². The van der Waals surface area contributed by atoms with Gasteiger partial charge >= 0.3 is 37.9 Å². The number of fused-ring (bicyclic) bond motifs is 1. The summed E-state index contributed by atoms with van der Waals surface area (Å²) in [4.78, 5) is 0. The maximum atomic E-state index is 4.93. The van der Waals surface area contributed by atoms with E-state index in [1.165, 1.54) is 55.3 Å². The van der Waals surface area contributed by atoms with Gasteiger partial charge in [-0.15, -0.1) is 34.5 Å². The van der Waals surface area contributed by atoms with Gasteiger partial charge in [0.15, 0.2) is 0 Å². The molecule has 0 heterocycles. The number of halogens is 2. The van der Waals surface area contributed by atoms with Crippen LogP contribution in [0.2, 0.25) is 0 Å². The fourth-order valence-corrected chi connectivity index (χ4v) is 3.37. The Hall–Kier alpha value is -0.487. The normalized spacial score (nSPS) is 10.5. The molecule has 0 atom stereocenters. The Morgan fingerprint density at radius 3 is 2.04 bits per heavy atom. The van der Waals surface area contributed by atoms with E-state index in [0.717, 1.165) is 0 Å². The summed E-state index contributed by atoms with van der Waals surface area (Å²) in [5.41, 5.74) is 11.1. The van der Waals surface area contributed by atoms with E-state index in [1.807, 2.05) is 0 Å². The van der Waals surface area contributed by atoms with Crippen LogP contribution in [0.15, 0.2) is 30.3 Å². The zero-order chi connectivity index (χ0) is 18.0. The number of aryl methyl sites for hydroxylation is 3. The standard InChI is InChI=1S/C21H23.2ClH.Zr/c1-12-9-18-8-7-13(2)21(20(18)10-12)19-11-14(3)15(4)16(5)17(19)6;;;/h7-11H,1-6H3;2*1H;/q-1;;;+2/p-2. The first-order chi connectivity index (χ1) is 11.3. The van der Waals surface area contributed by atoms with Gasteiger partial charge in [0.1, 0.15) is 0 Å². The van der Waals surface area contributed by atoms with E-state index >= 15 is 0 Å². The summed E-state index contributed by atoms with van der Waals surface area (Å²) in [6.07, 6.45) is 0. The van der Waals surface area contributed by atoms with E-state index in [2.05, 4.69) is 71.9 Å². The molecule has 0 N–H and O–H groups in total. The van der Waals surface area contributed by atoms with Gasteiger partial charge in [-0.3, -0.25) is 0 Å². The topological polar surface area (TPSA) is 0 Å². The number of benzene rings is 2. The first-order valence-electron chi connectivity index (χ1n) is 8.02. The quantitative estimate of drug-likeness (QED) is 0.347. The van der Waals surface area contributed by atoms with Gasteiger partial charge in [0.25, 0.3) is 0 Å². The van der Waals surface area contributed by atoms with Crippen molar-refractivity contribution in [2.24, 2.45) is 0 Å². The zero-order valence-corrected chi connectivity index (χ0v) is 19.1. The Morgan fingerprint density at radius 2 is 1.42 bits per heavy atom. The van der Waals surface area contributed by atoms with Crippen LogP contribution >= 0.6 is 17.0 Å². The molecule has 0 aliphatic carbocycles. The number of rotatable bonds is 1. The zero-order valence-electron chi connectivity index (χ0n) is 15.1. The van der Waals surface area contributed by atoms with Crippen LogP contribution in [0.5, 0.6) is 0 Å². The average Bonchev–Trinajstić information content (AvgIpc) is 2.90. The molecule has 126 valence electrons. The third kappa shape index (κ3) is 3.85. The van der Waals surface area contributed by atoms with Crippen LogP contribution in [0.3, 0.4) is 0 Å². The predicted octanol–water partition coefficient (Wildman–Crippen LogP) is 7.45. The van der Waals surface area contributed by atoms with Crippen LogP contribution < -0.4 is 0 Å². The van der Waals surface area contributed by atoms with Crippen molar-refractivity contribution >= 4 is 27.8 Å². The van der Waals surface area contributed by atoms with Gasteiger partial charge in [0, 0.05) is 0 Å². The average molecular weight is 438 g/mol. The molecule has 0 saturated carbocycles.